The Morgan fingerprint density at radius 3 is 2.48 bits per heavy atom. The van der Waals surface area contributed by atoms with Crippen molar-refractivity contribution in [3.63, 3.8) is 0 Å². The van der Waals surface area contributed by atoms with Crippen molar-refractivity contribution in [2.24, 2.45) is 0 Å². The minimum atomic E-state index is -3.48. The second-order valence-corrected chi connectivity index (χ2v) is 8.28. The molecule has 6 nitrogen and oxygen atoms in total. The lowest BCUT2D eigenvalue weighted by Crippen LogP contribution is -2.44. The third-order valence-corrected chi connectivity index (χ3v) is 5.82. The molecule has 27 heavy (non-hydrogen) atoms. The van der Waals surface area contributed by atoms with Crippen molar-refractivity contribution in [1.82, 2.24) is 9.62 Å². The van der Waals surface area contributed by atoms with Gasteiger partial charge in [0, 0.05) is 19.6 Å². The molecule has 0 aliphatic carbocycles. The van der Waals surface area contributed by atoms with Crippen LogP contribution in [0.15, 0.2) is 59.5 Å². The van der Waals surface area contributed by atoms with Gasteiger partial charge in [-0.3, -0.25) is 4.90 Å². The van der Waals surface area contributed by atoms with Gasteiger partial charge < -0.3 is 9.47 Å². The summed E-state index contributed by atoms with van der Waals surface area (Å²) in [6, 6.07) is 16.1. The fourth-order valence-electron chi connectivity index (χ4n) is 3.07. The second kappa shape index (κ2) is 9.21. The predicted molar refractivity (Wildman–Crippen MR) is 105 cm³/mol. The molecule has 1 aliphatic rings. The lowest BCUT2D eigenvalue weighted by Gasteiger charge is -2.31. The number of ether oxygens (including phenoxy) is 2. The van der Waals surface area contributed by atoms with Crippen molar-refractivity contribution in [2.75, 3.05) is 32.8 Å². The molecule has 0 aromatic heterocycles. The largest absolute Gasteiger partial charge is 0.486 e. The molecule has 1 aliphatic heterocycles. The van der Waals surface area contributed by atoms with Crippen LogP contribution in [0.2, 0.25) is 0 Å². The zero-order chi connectivity index (χ0) is 19.1. The molecular weight excluding hydrogens is 364 g/mol. The van der Waals surface area contributed by atoms with E-state index in [1.165, 1.54) is 0 Å². The van der Waals surface area contributed by atoms with Crippen LogP contribution in [0.5, 0.6) is 11.5 Å². The number of benzene rings is 2. The highest BCUT2D eigenvalue weighted by molar-refractivity contribution is 7.89. The molecule has 146 valence electrons. The Morgan fingerprint density at radius 1 is 1.04 bits per heavy atom. The lowest BCUT2D eigenvalue weighted by molar-refractivity contribution is 0.0592. The van der Waals surface area contributed by atoms with Crippen molar-refractivity contribution in [1.29, 1.82) is 0 Å². The first-order valence-electron chi connectivity index (χ1n) is 9.24. The van der Waals surface area contributed by atoms with Crippen LogP contribution in [0.3, 0.4) is 0 Å². The Balaban J connectivity index is 1.52. The summed E-state index contributed by atoms with van der Waals surface area (Å²) in [5, 5.41) is 0. The van der Waals surface area contributed by atoms with Gasteiger partial charge in [-0.15, -0.1) is 0 Å². The molecule has 0 saturated carbocycles. The summed E-state index contributed by atoms with van der Waals surface area (Å²) in [7, 11) is -3.48. The van der Waals surface area contributed by atoms with Crippen LogP contribution in [0.25, 0.3) is 0 Å². The standard InChI is InChI=1S/C20H26N2O4S/c1-2-13-22(14-12-21-27(23,24)18-8-4-3-5-9-18)15-17-16-25-19-10-6-7-11-20(19)26-17/h3-11,17,21H,2,12-16H2,1H3. The van der Waals surface area contributed by atoms with E-state index in [9.17, 15) is 8.42 Å². The molecule has 0 radical (unpaired) electrons. The molecule has 0 saturated heterocycles. The average Bonchev–Trinajstić information content (AvgIpc) is 2.68. The summed E-state index contributed by atoms with van der Waals surface area (Å²) in [4.78, 5) is 2.49. The van der Waals surface area contributed by atoms with Crippen LogP contribution < -0.4 is 14.2 Å². The average molecular weight is 391 g/mol. The number of hydrogen-bond donors (Lipinski definition) is 1. The normalized spacial score (nSPS) is 16.4. The molecule has 7 heteroatoms. The van der Waals surface area contributed by atoms with Gasteiger partial charge in [-0.25, -0.2) is 13.1 Å². The van der Waals surface area contributed by atoms with Crippen molar-refractivity contribution >= 4 is 10.0 Å². The Labute approximate surface area is 161 Å². The highest BCUT2D eigenvalue weighted by Gasteiger charge is 2.23. The molecule has 0 spiro atoms. The fourth-order valence-corrected chi connectivity index (χ4v) is 4.11. The van der Waals surface area contributed by atoms with E-state index in [2.05, 4.69) is 16.5 Å². The monoisotopic (exact) mass is 390 g/mol. The van der Waals surface area contributed by atoms with Crippen LogP contribution in [0, 0.1) is 0 Å². The van der Waals surface area contributed by atoms with E-state index in [1.54, 1.807) is 30.3 Å². The van der Waals surface area contributed by atoms with E-state index >= 15 is 0 Å². The fraction of sp³-hybridized carbons (Fsp3) is 0.400. The molecule has 1 N–H and O–H groups in total. The molecule has 1 heterocycles. The van der Waals surface area contributed by atoms with Crippen LogP contribution >= 0.6 is 0 Å². The molecule has 0 fully saturated rings. The minimum Gasteiger partial charge on any atom is -0.486 e. The van der Waals surface area contributed by atoms with E-state index < -0.39 is 10.0 Å². The van der Waals surface area contributed by atoms with Gasteiger partial charge in [0.25, 0.3) is 0 Å². The molecule has 0 amide bonds. The number of nitrogens with zero attached hydrogens (tertiary/aromatic N) is 1. The summed E-state index contributed by atoms with van der Waals surface area (Å²) in [5.74, 6) is 1.53. The summed E-state index contributed by atoms with van der Waals surface area (Å²) >= 11 is 0. The summed E-state index contributed by atoms with van der Waals surface area (Å²) in [6.07, 6.45) is 0.910. The van der Waals surface area contributed by atoms with Crippen molar-refractivity contribution < 1.29 is 17.9 Å². The summed E-state index contributed by atoms with van der Waals surface area (Å²) in [6.45, 7) is 5.12. The minimum absolute atomic E-state index is 0.0721. The van der Waals surface area contributed by atoms with Gasteiger partial charge in [0.05, 0.1) is 4.90 Å². The first-order chi connectivity index (χ1) is 13.1. The molecule has 1 atom stereocenters. The Kier molecular flexibility index (Phi) is 6.71. The molecule has 1 unspecified atom stereocenters. The Bertz CT molecular complexity index is 827. The van der Waals surface area contributed by atoms with Gasteiger partial charge in [-0.05, 0) is 37.2 Å². The molecular formula is C20H26N2O4S. The van der Waals surface area contributed by atoms with E-state index in [4.69, 9.17) is 9.47 Å². The van der Waals surface area contributed by atoms with Crippen LogP contribution in [-0.2, 0) is 10.0 Å². The van der Waals surface area contributed by atoms with Crippen LogP contribution in [0.1, 0.15) is 13.3 Å². The maximum Gasteiger partial charge on any atom is 0.240 e. The SMILES string of the molecule is CCCN(CCNS(=O)(=O)c1ccccc1)CC1COc2ccccc2O1. The van der Waals surface area contributed by atoms with Crippen molar-refractivity contribution in [2.45, 2.75) is 24.3 Å². The Hall–Kier alpha value is -2.09. The predicted octanol–water partition coefficient (Wildman–Crippen LogP) is 2.52. The third-order valence-electron chi connectivity index (χ3n) is 4.34. The first-order valence-corrected chi connectivity index (χ1v) is 10.7. The van der Waals surface area contributed by atoms with Gasteiger partial charge in [-0.1, -0.05) is 37.3 Å². The Morgan fingerprint density at radius 2 is 1.74 bits per heavy atom. The third kappa shape index (κ3) is 5.45. The smallest absolute Gasteiger partial charge is 0.240 e. The van der Waals surface area contributed by atoms with Crippen LogP contribution in [-0.4, -0.2) is 52.2 Å². The van der Waals surface area contributed by atoms with Gasteiger partial charge in [-0.2, -0.15) is 0 Å². The van der Waals surface area contributed by atoms with Gasteiger partial charge in [0.2, 0.25) is 10.0 Å². The summed E-state index contributed by atoms with van der Waals surface area (Å²) in [5.41, 5.74) is 0. The zero-order valence-electron chi connectivity index (χ0n) is 15.5. The van der Waals surface area contributed by atoms with Gasteiger partial charge in [0.1, 0.15) is 12.7 Å². The number of nitrogens with one attached hydrogen (secondary N) is 1. The summed E-state index contributed by atoms with van der Waals surface area (Å²) < 4.78 is 39.1. The highest BCUT2D eigenvalue weighted by Crippen LogP contribution is 2.31. The molecule has 2 aromatic rings. The quantitative estimate of drug-likeness (QED) is 0.713. The van der Waals surface area contributed by atoms with E-state index in [-0.39, 0.29) is 11.0 Å². The van der Waals surface area contributed by atoms with Crippen LogP contribution in [0.4, 0.5) is 0 Å². The number of fused-ring (bicyclic) bond motifs is 1. The zero-order valence-corrected chi connectivity index (χ0v) is 16.3. The van der Waals surface area contributed by atoms with Crippen molar-refractivity contribution in [3.05, 3.63) is 54.6 Å². The molecule has 2 aromatic carbocycles. The maximum atomic E-state index is 12.3. The van der Waals surface area contributed by atoms with Gasteiger partial charge >= 0.3 is 0 Å². The highest BCUT2D eigenvalue weighted by atomic mass is 32.2. The maximum absolute atomic E-state index is 12.3. The van der Waals surface area contributed by atoms with E-state index in [1.807, 2.05) is 24.3 Å². The number of hydrogen-bond acceptors (Lipinski definition) is 5. The molecule has 0 bridgehead atoms. The topological polar surface area (TPSA) is 67.9 Å². The van der Waals surface area contributed by atoms with E-state index in [0.29, 0.717) is 26.2 Å². The second-order valence-electron chi connectivity index (χ2n) is 6.51. The lowest BCUT2D eigenvalue weighted by atomic mass is 10.2. The molecule has 3 rings (SSSR count). The number of para-hydroxylation sites is 2. The van der Waals surface area contributed by atoms with Crippen molar-refractivity contribution in [3.8, 4) is 11.5 Å². The van der Waals surface area contributed by atoms with E-state index in [0.717, 1.165) is 24.5 Å². The number of rotatable bonds is 9. The first kappa shape index (κ1) is 19.7. The van der Waals surface area contributed by atoms with Gasteiger partial charge in [0.15, 0.2) is 11.5 Å². The number of sulfonamides is 1.